The Morgan fingerprint density at radius 1 is 1.56 bits per heavy atom. The van der Waals surface area contributed by atoms with Crippen molar-refractivity contribution in [1.29, 1.82) is 0 Å². The molecule has 1 fully saturated rings. The summed E-state index contributed by atoms with van der Waals surface area (Å²) in [5.41, 5.74) is 0. The highest BCUT2D eigenvalue weighted by molar-refractivity contribution is 7.89. The van der Waals surface area contributed by atoms with Crippen molar-refractivity contribution < 1.29 is 13.3 Å². The number of sulfonamides is 1. The SMILES string of the molecule is CCNc1cnc(S(=O)(=O)N2CC(S)CO2)cn1. The van der Waals surface area contributed by atoms with E-state index in [-0.39, 0.29) is 23.4 Å². The number of nitrogens with zero attached hydrogens (tertiary/aromatic N) is 3. The molecule has 18 heavy (non-hydrogen) atoms. The molecular weight excluding hydrogens is 276 g/mol. The first-order valence-corrected chi connectivity index (χ1v) is 7.39. The van der Waals surface area contributed by atoms with Crippen LogP contribution in [-0.2, 0) is 14.9 Å². The summed E-state index contributed by atoms with van der Waals surface area (Å²) in [5, 5.41) is 2.69. The number of thiol groups is 1. The van der Waals surface area contributed by atoms with E-state index in [2.05, 4.69) is 27.9 Å². The van der Waals surface area contributed by atoms with Crippen molar-refractivity contribution in [2.24, 2.45) is 0 Å². The third-order valence-electron chi connectivity index (χ3n) is 2.29. The summed E-state index contributed by atoms with van der Waals surface area (Å²) < 4.78 is 25.1. The van der Waals surface area contributed by atoms with E-state index in [4.69, 9.17) is 4.84 Å². The Bertz CT molecular complexity index is 505. The van der Waals surface area contributed by atoms with Crippen LogP contribution in [-0.4, -0.2) is 47.8 Å². The molecule has 1 aromatic heterocycles. The van der Waals surface area contributed by atoms with Crippen LogP contribution in [0.1, 0.15) is 6.92 Å². The summed E-state index contributed by atoms with van der Waals surface area (Å²) in [6, 6.07) is 0. The largest absolute Gasteiger partial charge is 0.369 e. The second kappa shape index (κ2) is 5.39. The van der Waals surface area contributed by atoms with Crippen molar-refractivity contribution in [1.82, 2.24) is 14.4 Å². The monoisotopic (exact) mass is 290 g/mol. The molecule has 2 rings (SSSR count). The molecule has 1 aliphatic rings. The predicted octanol–water partition coefficient (Wildman–Crippen LogP) is 0.143. The molecule has 0 saturated carbocycles. The minimum atomic E-state index is -3.74. The lowest BCUT2D eigenvalue weighted by atomic mass is 10.5. The number of hydrogen-bond acceptors (Lipinski definition) is 7. The summed E-state index contributed by atoms with van der Waals surface area (Å²) in [6.45, 7) is 3.09. The fourth-order valence-corrected chi connectivity index (χ4v) is 2.92. The highest BCUT2D eigenvalue weighted by Crippen LogP contribution is 2.20. The molecule has 1 N–H and O–H groups in total. The molecule has 7 nitrogen and oxygen atoms in total. The molecule has 1 aliphatic heterocycles. The summed E-state index contributed by atoms with van der Waals surface area (Å²) in [5.74, 6) is 0.533. The van der Waals surface area contributed by atoms with E-state index in [9.17, 15) is 8.42 Å². The van der Waals surface area contributed by atoms with Gasteiger partial charge in [-0.25, -0.2) is 18.4 Å². The number of hydrogen-bond donors (Lipinski definition) is 2. The van der Waals surface area contributed by atoms with Crippen molar-refractivity contribution in [2.45, 2.75) is 17.2 Å². The standard InChI is InChI=1S/C9H14N4O3S2/c1-2-10-8-3-12-9(4-11-8)18(14,15)13-5-7(17)6-16-13/h3-4,7,17H,2,5-6H2,1H3,(H,10,11). The topological polar surface area (TPSA) is 84.4 Å². The van der Waals surface area contributed by atoms with Crippen molar-refractivity contribution in [3.63, 3.8) is 0 Å². The highest BCUT2D eigenvalue weighted by Gasteiger charge is 2.33. The Morgan fingerprint density at radius 2 is 2.33 bits per heavy atom. The molecule has 1 aromatic rings. The Balaban J connectivity index is 2.19. The van der Waals surface area contributed by atoms with Crippen molar-refractivity contribution in [3.05, 3.63) is 12.4 Å². The summed E-state index contributed by atoms with van der Waals surface area (Å²) in [4.78, 5) is 12.9. The Hall–Kier alpha value is -0.900. The van der Waals surface area contributed by atoms with Gasteiger partial charge in [0.05, 0.1) is 25.5 Å². The van der Waals surface area contributed by atoms with Gasteiger partial charge in [0, 0.05) is 11.8 Å². The Labute approximate surface area is 111 Å². The average molecular weight is 290 g/mol. The molecule has 0 bridgehead atoms. The van der Waals surface area contributed by atoms with Crippen LogP contribution >= 0.6 is 12.6 Å². The maximum atomic E-state index is 12.1. The van der Waals surface area contributed by atoms with Crippen LogP contribution in [0.3, 0.4) is 0 Å². The molecular formula is C9H14N4O3S2. The van der Waals surface area contributed by atoms with Crippen LogP contribution < -0.4 is 5.32 Å². The quantitative estimate of drug-likeness (QED) is 0.768. The van der Waals surface area contributed by atoms with E-state index >= 15 is 0 Å². The maximum absolute atomic E-state index is 12.1. The first kappa shape index (κ1) is 13.5. The molecule has 9 heteroatoms. The lowest BCUT2D eigenvalue weighted by Gasteiger charge is -2.13. The third-order valence-corrected chi connectivity index (χ3v) is 4.13. The van der Waals surface area contributed by atoms with Gasteiger partial charge in [0.15, 0.2) is 5.03 Å². The Morgan fingerprint density at radius 3 is 2.83 bits per heavy atom. The van der Waals surface area contributed by atoms with Crippen molar-refractivity contribution in [3.8, 4) is 0 Å². The molecule has 1 saturated heterocycles. The summed E-state index contributed by atoms with van der Waals surface area (Å²) in [6.07, 6.45) is 2.59. The molecule has 1 unspecified atom stereocenters. The van der Waals surface area contributed by atoms with Gasteiger partial charge < -0.3 is 5.32 Å². The molecule has 0 amide bonds. The first-order valence-electron chi connectivity index (χ1n) is 5.43. The second-order valence-electron chi connectivity index (χ2n) is 3.71. The van der Waals surface area contributed by atoms with Crippen LogP contribution in [0.25, 0.3) is 0 Å². The number of rotatable bonds is 4. The van der Waals surface area contributed by atoms with Crippen LogP contribution in [0.4, 0.5) is 5.82 Å². The minimum absolute atomic E-state index is 0.117. The van der Waals surface area contributed by atoms with Gasteiger partial charge >= 0.3 is 0 Å². The first-order chi connectivity index (χ1) is 8.54. The number of anilines is 1. The van der Waals surface area contributed by atoms with Gasteiger partial charge in [0.25, 0.3) is 10.0 Å². The van der Waals surface area contributed by atoms with Gasteiger partial charge in [0.1, 0.15) is 5.82 Å². The molecule has 1 atom stereocenters. The highest BCUT2D eigenvalue weighted by atomic mass is 32.2. The maximum Gasteiger partial charge on any atom is 0.284 e. The zero-order valence-corrected chi connectivity index (χ0v) is 11.5. The lowest BCUT2D eigenvalue weighted by molar-refractivity contribution is -0.0285. The van der Waals surface area contributed by atoms with E-state index in [0.717, 1.165) is 4.47 Å². The number of hydroxylamine groups is 1. The zero-order chi connectivity index (χ0) is 13.2. The molecule has 2 heterocycles. The zero-order valence-electron chi connectivity index (χ0n) is 9.78. The third kappa shape index (κ3) is 2.74. The summed E-state index contributed by atoms with van der Waals surface area (Å²) >= 11 is 4.16. The van der Waals surface area contributed by atoms with Gasteiger partial charge in [-0.05, 0) is 6.92 Å². The van der Waals surface area contributed by atoms with Crippen molar-refractivity contribution in [2.75, 3.05) is 25.0 Å². The van der Waals surface area contributed by atoms with Gasteiger partial charge in [-0.15, -0.1) is 0 Å². The molecule has 0 aliphatic carbocycles. The van der Waals surface area contributed by atoms with Gasteiger partial charge in [-0.2, -0.15) is 12.6 Å². The molecule has 0 spiro atoms. The molecule has 0 aromatic carbocycles. The molecule has 100 valence electrons. The summed E-state index contributed by atoms with van der Waals surface area (Å²) in [7, 11) is -3.74. The van der Waals surface area contributed by atoms with Crippen LogP contribution in [0.5, 0.6) is 0 Å². The predicted molar refractivity (Wildman–Crippen MR) is 68.8 cm³/mol. The fraction of sp³-hybridized carbons (Fsp3) is 0.556. The van der Waals surface area contributed by atoms with Gasteiger partial charge in [-0.3, -0.25) is 4.84 Å². The van der Waals surface area contributed by atoms with Gasteiger partial charge in [-0.1, -0.05) is 4.47 Å². The van der Waals surface area contributed by atoms with E-state index in [1.165, 1.54) is 12.4 Å². The smallest absolute Gasteiger partial charge is 0.284 e. The van der Waals surface area contributed by atoms with E-state index in [1.807, 2.05) is 6.92 Å². The fourth-order valence-electron chi connectivity index (χ4n) is 1.44. The van der Waals surface area contributed by atoms with Crippen LogP contribution in [0.2, 0.25) is 0 Å². The van der Waals surface area contributed by atoms with Crippen LogP contribution in [0, 0.1) is 0 Å². The van der Waals surface area contributed by atoms with Crippen molar-refractivity contribution >= 4 is 28.5 Å². The van der Waals surface area contributed by atoms with E-state index in [0.29, 0.717) is 12.4 Å². The second-order valence-corrected chi connectivity index (χ2v) is 6.22. The van der Waals surface area contributed by atoms with Gasteiger partial charge in [0.2, 0.25) is 0 Å². The van der Waals surface area contributed by atoms with E-state index < -0.39 is 10.0 Å². The average Bonchev–Trinajstić information content (AvgIpc) is 2.78. The molecule has 0 radical (unpaired) electrons. The number of aromatic nitrogens is 2. The van der Waals surface area contributed by atoms with Crippen LogP contribution in [0.15, 0.2) is 17.4 Å². The lowest BCUT2D eigenvalue weighted by Crippen LogP contribution is -2.28. The van der Waals surface area contributed by atoms with E-state index in [1.54, 1.807) is 0 Å². The number of nitrogens with one attached hydrogen (secondary N) is 1. The Kier molecular flexibility index (Phi) is 4.05. The normalized spacial score (nSPS) is 21.1. The minimum Gasteiger partial charge on any atom is -0.369 e.